The standard InChI is InChI=1S/C40H50FN9O4S2/c1-27-24-35(46-47-37(27)45-39-43-31-14-6-7-15-33(31)55-39)50(22-9-13-29(51)26-42-19-11-21-49(4)5)40-44-36(38(52)53)34(56-40)16-10-23-54-32-18-17-28(25-30(32)41)12-8-20-48(2)3/h6-7,14-15,17-18,24-25,29,42,51H,9-11,13,16,19-23,26H2,1-5H3,(H,52,53)(H,43,45,47). The highest BCUT2D eigenvalue weighted by molar-refractivity contribution is 7.22. The fraction of sp³-hybridized carbons (Fsp3) is 0.425. The summed E-state index contributed by atoms with van der Waals surface area (Å²) in [6, 6.07) is 14.4. The van der Waals surface area contributed by atoms with Gasteiger partial charge in [-0.15, -0.1) is 21.5 Å². The Morgan fingerprint density at radius 3 is 2.55 bits per heavy atom. The van der Waals surface area contributed by atoms with Gasteiger partial charge < -0.3 is 35.4 Å². The Hall–Kier alpha value is -4.76. The van der Waals surface area contributed by atoms with E-state index in [0.29, 0.717) is 77.7 Å². The van der Waals surface area contributed by atoms with Gasteiger partial charge in [0.2, 0.25) is 0 Å². The van der Waals surface area contributed by atoms with Gasteiger partial charge in [0.1, 0.15) is 0 Å². The molecule has 0 saturated carbocycles. The number of nitrogens with one attached hydrogen (secondary N) is 2. The summed E-state index contributed by atoms with van der Waals surface area (Å²) < 4.78 is 21.5. The molecule has 0 radical (unpaired) electrons. The Morgan fingerprint density at radius 2 is 1.82 bits per heavy atom. The lowest BCUT2D eigenvalue weighted by atomic mass is 10.2. The first-order chi connectivity index (χ1) is 27.0. The molecule has 0 bridgehead atoms. The van der Waals surface area contributed by atoms with Crippen LogP contribution in [-0.4, -0.2) is 120 Å². The number of aromatic nitrogens is 4. The van der Waals surface area contributed by atoms with Gasteiger partial charge in [-0.3, -0.25) is 4.90 Å². The summed E-state index contributed by atoms with van der Waals surface area (Å²) in [5.41, 5.74) is 2.21. The van der Waals surface area contributed by atoms with Crippen LogP contribution in [0.4, 0.5) is 26.3 Å². The van der Waals surface area contributed by atoms with Crippen LogP contribution in [0.3, 0.4) is 0 Å². The average molecular weight is 804 g/mol. The number of hydrogen-bond acceptors (Lipinski definition) is 14. The minimum atomic E-state index is -1.14. The molecule has 298 valence electrons. The van der Waals surface area contributed by atoms with Crippen molar-refractivity contribution in [2.24, 2.45) is 0 Å². The predicted octanol–water partition coefficient (Wildman–Crippen LogP) is 6.18. The number of carboxylic acid groups (broad SMARTS) is 1. The molecule has 0 aliphatic heterocycles. The van der Waals surface area contributed by atoms with Crippen molar-refractivity contribution in [1.82, 2.24) is 35.3 Å². The van der Waals surface area contributed by atoms with Crippen LogP contribution in [0.2, 0.25) is 0 Å². The van der Waals surface area contributed by atoms with Crippen LogP contribution in [0.5, 0.6) is 5.75 Å². The molecule has 3 aromatic heterocycles. The van der Waals surface area contributed by atoms with Gasteiger partial charge in [-0.05, 0) is 122 Å². The zero-order valence-electron chi connectivity index (χ0n) is 32.5. The summed E-state index contributed by atoms with van der Waals surface area (Å²) in [6.45, 7) is 5.33. The molecule has 4 N–H and O–H groups in total. The quantitative estimate of drug-likeness (QED) is 0.0495. The van der Waals surface area contributed by atoms with Crippen molar-refractivity contribution in [3.05, 3.63) is 76.0 Å². The minimum absolute atomic E-state index is 0.0532. The fourth-order valence-corrected chi connectivity index (χ4v) is 7.63. The summed E-state index contributed by atoms with van der Waals surface area (Å²) >= 11 is 2.78. The van der Waals surface area contributed by atoms with Crippen LogP contribution in [0.15, 0.2) is 48.5 Å². The number of carboxylic acids is 1. The average Bonchev–Trinajstić information content (AvgIpc) is 3.77. The Morgan fingerprint density at radius 1 is 1.00 bits per heavy atom. The van der Waals surface area contributed by atoms with E-state index in [1.165, 1.54) is 28.7 Å². The number of hydrogen-bond donors (Lipinski definition) is 4. The number of aromatic carboxylic acids is 1. The number of benzene rings is 2. The third-order valence-electron chi connectivity index (χ3n) is 8.51. The molecule has 1 atom stereocenters. The van der Waals surface area contributed by atoms with Crippen LogP contribution >= 0.6 is 22.7 Å². The molecule has 0 spiro atoms. The van der Waals surface area contributed by atoms with E-state index >= 15 is 0 Å². The molecule has 56 heavy (non-hydrogen) atoms. The van der Waals surface area contributed by atoms with E-state index < -0.39 is 17.9 Å². The number of anilines is 4. The van der Waals surface area contributed by atoms with E-state index in [9.17, 15) is 19.4 Å². The van der Waals surface area contributed by atoms with E-state index in [2.05, 4.69) is 47.5 Å². The van der Waals surface area contributed by atoms with Crippen LogP contribution in [0.25, 0.3) is 10.2 Å². The van der Waals surface area contributed by atoms with Gasteiger partial charge in [-0.2, -0.15) is 0 Å². The number of fused-ring (bicyclic) bond motifs is 1. The maximum Gasteiger partial charge on any atom is 0.355 e. The number of nitrogens with zero attached hydrogens (tertiary/aromatic N) is 7. The van der Waals surface area contributed by atoms with Crippen LogP contribution in [0.1, 0.15) is 52.2 Å². The molecule has 0 amide bonds. The van der Waals surface area contributed by atoms with Gasteiger partial charge in [0, 0.05) is 23.5 Å². The third kappa shape index (κ3) is 12.6. The molecular weight excluding hydrogens is 754 g/mol. The smallest absolute Gasteiger partial charge is 0.355 e. The number of rotatable bonds is 21. The van der Waals surface area contributed by atoms with Crippen LogP contribution in [-0.2, 0) is 6.42 Å². The molecule has 2 aromatic carbocycles. The molecule has 16 heteroatoms. The number of para-hydroxylation sites is 1. The Kier molecular flexibility index (Phi) is 15.9. The highest BCUT2D eigenvalue weighted by Gasteiger charge is 2.24. The van der Waals surface area contributed by atoms with Gasteiger partial charge >= 0.3 is 5.97 Å². The Bertz CT molecular complexity index is 2080. The molecule has 13 nitrogen and oxygen atoms in total. The number of carbonyl (C=O) groups is 1. The van der Waals surface area contributed by atoms with E-state index in [-0.39, 0.29) is 18.1 Å². The van der Waals surface area contributed by atoms with Crippen molar-refractivity contribution in [3.8, 4) is 17.6 Å². The lowest BCUT2D eigenvalue weighted by Gasteiger charge is -2.22. The zero-order valence-corrected chi connectivity index (χ0v) is 34.1. The van der Waals surface area contributed by atoms with Crippen molar-refractivity contribution in [1.29, 1.82) is 0 Å². The number of aryl methyl sites for hydroxylation is 2. The van der Waals surface area contributed by atoms with Gasteiger partial charge in [0.05, 0.1) is 29.5 Å². The monoisotopic (exact) mass is 803 g/mol. The Balaban J connectivity index is 1.28. The van der Waals surface area contributed by atoms with Gasteiger partial charge in [0.15, 0.2) is 39.2 Å². The van der Waals surface area contributed by atoms with Crippen molar-refractivity contribution in [2.75, 3.05) is 77.7 Å². The summed E-state index contributed by atoms with van der Waals surface area (Å²) in [5, 5.41) is 37.7. The summed E-state index contributed by atoms with van der Waals surface area (Å²) in [7, 11) is 7.89. The number of ether oxygens (including phenoxy) is 1. The van der Waals surface area contributed by atoms with Crippen molar-refractivity contribution in [2.45, 2.75) is 45.1 Å². The molecule has 0 aliphatic carbocycles. The maximum atomic E-state index is 14.8. The van der Waals surface area contributed by atoms with E-state index in [0.717, 1.165) is 35.3 Å². The first-order valence-electron chi connectivity index (χ1n) is 18.5. The largest absolute Gasteiger partial charge is 0.491 e. The van der Waals surface area contributed by atoms with Crippen molar-refractivity contribution in [3.63, 3.8) is 0 Å². The second kappa shape index (κ2) is 21.0. The molecule has 0 aliphatic rings. The number of halogens is 1. The number of thiazole rings is 2. The van der Waals surface area contributed by atoms with Gasteiger partial charge in [-0.25, -0.2) is 19.2 Å². The molecular formula is C40H50FN9O4S2. The minimum Gasteiger partial charge on any atom is -0.491 e. The highest BCUT2D eigenvalue weighted by Crippen LogP contribution is 2.34. The lowest BCUT2D eigenvalue weighted by Crippen LogP contribution is -2.30. The van der Waals surface area contributed by atoms with Crippen LogP contribution < -0.4 is 20.3 Å². The number of aliphatic hydroxyl groups is 1. The highest BCUT2D eigenvalue weighted by atomic mass is 32.1. The number of aliphatic hydroxyl groups excluding tert-OH is 1. The van der Waals surface area contributed by atoms with E-state index in [1.54, 1.807) is 12.1 Å². The molecule has 1 unspecified atom stereocenters. The maximum absolute atomic E-state index is 14.8. The molecule has 0 saturated heterocycles. The summed E-state index contributed by atoms with van der Waals surface area (Å²) in [5.74, 6) is 5.44. The SMILES string of the molecule is Cc1cc(N(CCCC(O)CNCCCN(C)C)c2nc(C(=O)O)c(CCCOc3ccc(C#CCN(C)C)cc3F)s2)nnc1Nc1nc2ccccc2s1. The lowest BCUT2D eigenvalue weighted by molar-refractivity contribution is 0.0690. The normalized spacial score (nSPS) is 11.9. The molecule has 5 aromatic rings. The predicted molar refractivity (Wildman–Crippen MR) is 223 cm³/mol. The molecule has 5 rings (SSSR count). The van der Waals surface area contributed by atoms with Gasteiger partial charge in [0.25, 0.3) is 0 Å². The molecule has 3 heterocycles. The second-order valence-electron chi connectivity index (χ2n) is 13.9. The van der Waals surface area contributed by atoms with E-state index in [1.807, 2.05) is 75.2 Å². The van der Waals surface area contributed by atoms with Crippen LogP contribution in [0, 0.1) is 24.6 Å². The second-order valence-corrected chi connectivity index (χ2v) is 16.0. The first kappa shape index (κ1) is 42.4. The van der Waals surface area contributed by atoms with Crippen molar-refractivity contribution >= 4 is 60.8 Å². The summed E-state index contributed by atoms with van der Waals surface area (Å²) in [4.78, 5) is 28.1. The third-order valence-corrected chi connectivity index (χ3v) is 10.6. The van der Waals surface area contributed by atoms with Gasteiger partial charge in [-0.1, -0.05) is 35.3 Å². The fourth-order valence-electron chi connectivity index (χ4n) is 5.64. The molecule has 0 fully saturated rings. The topological polar surface area (TPSA) is 152 Å². The first-order valence-corrected chi connectivity index (χ1v) is 20.2. The Labute approximate surface area is 335 Å². The zero-order chi connectivity index (χ0) is 40.0. The van der Waals surface area contributed by atoms with Crippen molar-refractivity contribution < 1.29 is 24.1 Å². The van der Waals surface area contributed by atoms with E-state index in [4.69, 9.17) is 4.74 Å². The summed E-state index contributed by atoms with van der Waals surface area (Å²) in [6.07, 6.45) is 2.33.